The highest BCUT2D eigenvalue weighted by Crippen LogP contribution is 2.26. The molecule has 0 aliphatic carbocycles. The number of rotatable bonds is 1. The summed E-state index contributed by atoms with van der Waals surface area (Å²) in [5.74, 6) is 0. The molecule has 0 aliphatic rings. The quantitative estimate of drug-likeness (QED) is 0.279. The summed E-state index contributed by atoms with van der Waals surface area (Å²) in [6, 6.07) is 0. The smallest absolute Gasteiger partial charge is 0.328 e. The zero-order chi connectivity index (χ0) is 11.4. The molecule has 0 fully saturated rings. The van der Waals surface area contributed by atoms with Crippen LogP contribution in [0.1, 0.15) is 0 Å². The van der Waals surface area contributed by atoms with Crippen molar-refractivity contribution in [3.63, 3.8) is 0 Å². The van der Waals surface area contributed by atoms with Gasteiger partial charge in [0.25, 0.3) is 0 Å². The zero-order valence-corrected chi connectivity index (χ0v) is 9.97. The van der Waals surface area contributed by atoms with E-state index in [1.54, 1.807) is 0 Å². The predicted octanol–water partition coefficient (Wildman–Crippen LogP) is -1.10. The average molecular weight is 325 g/mol. The molecular weight excluding hydrogens is 317 g/mol. The van der Waals surface area contributed by atoms with Crippen molar-refractivity contribution in [2.75, 3.05) is 0 Å². The summed E-state index contributed by atoms with van der Waals surface area (Å²) in [5, 5.41) is 0. The molecule has 0 aliphatic heterocycles. The predicted molar refractivity (Wildman–Crippen MR) is 48.5 cm³/mol. The Hall–Kier alpha value is 1.41. The maximum atomic E-state index is 7.71. The molecule has 0 atom stereocenters. The van der Waals surface area contributed by atoms with E-state index in [9.17, 15) is 0 Å². The van der Waals surface area contributed by atoms with Gasteiger partial charge in [-0.1, -0.05) is 0 Å². The van der Waals surface area contributed by atoms with Crippen LogP contribution in [0, 0.1) is 0 Å². The van der Waals surface area contributed by atoms with Crippen LogP contribution in [0.2, 0.25) is 0 Å². The van der Waals surface area contributed by atoms with E-state index in [4.69, 9.17) is 39.1 Å². The molecule has 13 heteroatoms. The van der Waals surface area contributed by atoms with Gasteiger partial charge < -0.3 is 39.1 Å². The van der Waals surface area contributed by atoms with E-state index in [0.717, 1.165) is 0 Å². The van der Waals surface area contributed by atoms with Crippen LogP contribution in [0.25, 0.3) is 0 Å². The zero-order valence-electron chi connectivity index (χ0n) is 5.71. The monoisotopic (exact) mass is 324 g/mol. The van der Waals surface area contributed by atoms with Crippen molar-refractivity contribution in [1.82, 2.24) is 0 Å². The van der Waals surface area contributed by atoms with Gasteiger partial charge in [-0.25, -0.2) is 3.62 Å². The fourth-order valence-electron chi connectivity index (χ4n) is 0. The Morgan fingerprint density at radius 1 is 0.692 bits per heavy atom. The van der Waals surface area contributed by atoms with Gasteiger partial charge >= 0.3 is 25.8 Å². The van der Waals surface area contributed by atoms with Crippen LogP contribution in [-0.4, -0.2) is 39.1 Å². The van der Waals surface area contributed by atoms with Crippen LogP contribution in [0.4, 0.5) is 0 Å². The van der Waals surface area contributed by atoms with Crippen LogP contribution < -0.4 is 0 Å². The largest absolute Gasteiger partial charge is 0.339 e. The molecular formula is H8BrO9P3. The molecule has 0 rings (SSSR count). The Labute approximate surface area is 85.3 Å². The molecule has 0 heterocycles. The third-order valence-corrected chi connectivity index (χ3v) is 0.962. The number of hydrogen-bond donors (Lipinski definition) is 8. The van der Waals surface area contributed by atoms with Gasteiger partial charge in [0.1, 0.15) is 16.3 Å². The Balaban J connectivity index is -0.000000117. The molecule has 9 nitrogen and oxygen atoms in total. The highest BCUT2D eigenvalue weighted by Gasteiger charge is 1.89. The molecule has 0 aromatic carbocycles. The summed E-state index contributed by atoms with van der Waals surface area (Å²) in [4.78, 5) is 58.8. The summed E-state index contributed by atoms with van der Waals surface area (Å²) in [6.07, 6.45) is 0. The van der Waals surface area contributed by atoms with Crippen molar-refractivity contribution in [3.05, 3.63) is 0 Å². The van der Waals surface area contributed by atoms with Crippen molar-refractivity contribution in [3.8, 4) is 0 Å². The van der Waals surface area contributed by atoms with Gasteiger partial charge in [0, 0.05) is 0 Å². The third-order valence-electron chi connectivity index (χ3n) is 0.0617. The van der Waals surface area contributed by atoms with E-state index in [1.165, 1.54) is 0 Å². The van der Waals surface area contributed by atoms with Crippen molar-refractivity contribution in [1.29, 1.82) is 0 Å². The Kier molecular flexibility index (Phi) is 24.3. The van der Waals surface area contributed by atoms with E-state index in [-0.39, 0.29) is 0 Å². The minimum Gasteiger partial charge on any atom is -0.328 e. The first kappa shape index (κ1) is 19.9. The molecule has 0 aromatic rings. The highest BCUT2D eigenvalue weighted by molar-refractivity contribution is 9.06. The summed E-state index contributed by atoms with van der Waals surface area (Å²) in [5.41, 5.74) is 0. The first-order chi connectivity index (χ1) is 5.73. The van der Waals surface area contributed by atoms with Crippen LogP contribution in [0.3, 0.4) is 0 Å². The lowest BCUT2D eigenvalue weighted by molar-refractivity contribution is 0.366. The van der Waals surface area contributed by atoms with Gasteiger partial charge in [0.2, 0.25) is 0 Å². The van der Waals surface area contributed by atoms with Crippen molar-refractivity contribution in [2.45, 2.75) is 0 Å². The molecule has 0 saturated carbocycles. The normalized spacial score (nSPS) is 9.23. The van der Waals surface area contributed by atoms with Crippen molar-refractivity contribution < 1.29 is 42.8 Å². The Morgan fingerprint density at radius 3 is 0.769 bits per heavy atom. The second-order valence-electron chi connectivity index (χ2n) is 0.858. The van der Waals surface area contributed by atoms with Gasteiger partial charge in [-0.05, 0) is 0 Å². The Morgan fingerprint density at radius 2 is 0.769 bits per heavy atom. The summed E-state index contributed by atoms with van der Waals surface area (Å²) >= 11 is 2.34. The van der Waals surface area contributed by atoms with E-state index in [2.05, 4.69) is 19.9 Å². The molecule has 84 valence electrons. The number of halogens is 1. The van der Waals surface area contributed by atoms with Crippen molar-refractivity contribution in [2.24, 2.45) is 0 Å². The maximum absolute atomic E-state index is 7.71. The molecule has 0 radical (unpaired) electrons. The lowest BCUT2D eigenvalue weighted by Gasteiger charge is -1.86. The van der Waals surface area contributed by atoms with Crippen LogP contribution in [-0.2, 0) is 3.62 Å². The molecule has 8 N–H and O–H groups in total. The van der Waals surface area contributed by atoms with E-state index >= 15 is 0 Å². The fraction of sp³-hybridized carbons (Fsp3) is 0. The van der Waals surface area contributed by atoms with Gasteiger partial charge in [0.05, 0.1) is 0 Å². The Bertz CT molecular complexity index is 63.8. The summed E-state index contributed by atoms with van der Waals surface area (Å²) in [7, 11) is -7.42. The van der Waals surface area contributed by atoms with Crippen LogP contribution in [0.15, 0.2) is 0 Å². The molecule has 0 bridgehead atoms. The van der Waals surface area contributed by atoms with E-state index < -0.39 is 25.8 Å². The fourth-order valence-corrected chi connectivity index (χ4v) is 0. The van der Waals surface area contributed by atoms with Gasteiger partial charge in [-0.15, -0.1) is 0 Å². The number of hydrogen-bond acceptors (Lipinski definition) is 9. The first-order valence-corrected chi connectivity index (χ1v) is 6.15. The van der Waals surface area contributed by atoms with Gasteiger partial charge in [-0.2, -0.15) is 0 Å². The highest BCUT2D eigenvalue weighted by atomic mass is 79.9. The lowest BCUT2D eigenvalue weighted by Crippen LogP contribution is -1.58. The minimum absolute atomic E-state index is 2.18. The van der Waals surface area contributed by atoms with Gasteiger partial charge in [0.15, 0.2) is 0 Å². The molecule has 0 unspecified atom stereocenters. The molecule has 13 heavy (non-hydrogen) atoms. The first-order valence-electron chi connectivity index (χ1n) is 1.94. The molecule has 0 aromatic heterocycles. The van der Waals surface area contributed by atoms with Crippen LogP contribution >= 0.6 is 42.1 Å². The van der Waals surface area contributed by atoms with Crippen molar-refractivity contribution >= 4 is 42.1 Å². The average Bonchev–Trinajstić information content (AvgIpc) is 1.84. The van der Waals surface area contributed by atoms with Gasteiger partial charge in [-0.3, -0.25) is 0 Å². The molecule has 0 amide bonds. The lowest BCUT2D eigenvalue weighted by atomic mass is 15.8. The van der Waals surface area contributed by atoms with E-state index in [1.807, 2.05) is 0 Å². The summed E-state index contributed by atoms with van der Waals surface area (Å²) in [6.45, 7) is 0. The van der Waals surface area contributed by atoms with Crippen LogP contribution in [0.5, 0.6) is 0 Å². The SMILES string of the molecule is OP(O)O.OP(O)O.OP(O)OBr. The minimum atomic E-state index is -2.62. The maximum Gasteiger partial charge on any atom is 0.339 e. The summed E-state index contributed by atoms with van der Waals surface area (Å²) < 4.78 is 3.74. The molecule has 0 saturated heterocycles. The standard InChI is InChI=1S/BrH2O3P.2H3O3P/c1-4-5(2)3;2*1-4(2)3/h2-3H;2*1-3H. The second kappa shape index (κ2) is 15.9. The van der Waals surface area contributed by atoms with E-state index in [0.29, 0.717) is 0 Å². The third kappa shape index (κ3) is 150. The second-order valence-corrected chi connectivity index (χ2v) is 3.44. The molecule has 0 spiro atoms. The topological polar surface area (TPSA) is 171 Å².